The summed E-state index contributed by atoms with van der Waals surface area (Å²) in [5.74, 6) is 0. The van der Waals surface area contributed by atoms with Crippen molar-refractivity contribution < 1.29 is 22.7 Å². The molecule has 0 spiro atoms. The first-order valence-electron chi connectivity index (χ1n) is 7.27. The number of halogens is 3. The van der Waals surface area contributed by atoms with E-state index in [2.05, 4.69) is 5.32 Å². The molecule has 7 heteroatoms. The fourth-order valence-electron chi connectivity index (χ4n) is 1.80. The summed E-state index contributed by atoms with van der Waals surface area (Å²) in [6.07, 6.45) is -1.93. The number of nitrogens with zero attached hydrogens (tertiary/aromatic N) is 1. The zero-order valence-electron chi connectivity index (χ0n) is 13.7. The van der Waals surface area contributed by atoms with Crippen molar-refractivity contribution in [3.63, 3.8) is 0 Å². The molecular formula is C17H19F3N2O2. The highest BCUT2D eigenvalue weighted by Gasteiger charge is 2.33. The summed E-state index contributed by atoms with van der Waals surface area (Å²) < 4.78 is 44.0. The molecule has 130 valence electrons. The van der Waals surface area contributed by atoms with Crippen molar-refractivity contribution in [2.45, 2.75) is 39.0 Å². The van der Waals surface area contributed by atoms with E-state index in [4.69, 9.17) is 10.00 Å². The maximum Gasteiger partial charge on any atom is 0.417 e. The zero-order chi connectivity index (χ0) is 18.4. The molecule has 0 saturated carbocycles. The number of hydrogen-bond acceptors (Lipinski definition) is 3. The minimum Gasteiger partial charge on any atom is -0.444 e. The Labute approximate surface area is 138 Å². The Morgan fingerprint density at radius 1 is 1.33 bits per heavy atom. The highest BCUT2D eigenvalue weighted by molar-refractivity contribution is 5.67. The molecule has 0 aliphatic rings. The fourth-order valence-corrected chi connectivity index (χ4v) is 1.80. The number of benzene rings is 1. The van der Waals surface area contributed by atoms with Crippen molar-refractivity contribution in [2.75, 3.05) is 6.54 Å². The summed E-state index contributed by atoms with van der Waals surface area (Å²) in [6.45, 7) is 5.44. The van der Waals surface area contributed by atoms with E-state index in [1.165, 1.54) is 24.3 Å². The van der Waals surface area contributed by atoms with Gasteiger partial charge >= 0.3 is 12.3 Å². The molecule has 0 heterocycles. The first-order chi connectivity index (χ1) is 11.0. The molecule has 1 amide bonds. The van der Waals surface area contributed by atoms with Crippen LogP contribution in [0.3, 0.4) is 0 Å². The van der Waals surface area contributed by atoms with Gasteiger partial charge < -0.3 is 10.1 Å². The van der Waals surface area contributed by atoms with Gasteiger partial charge in [-0.1, -0.05) is 18.2 Å². The van der Waals surface area contributed by atoms with Gasteiger partial charge in [-0.05, 0) is 44.9 Å². The van der Waals surface area contributed by atoms with Crippen LogP contribution in [0, 0.1) is 11.3 Å². The van der Waals surface area contributed by atoms with Gasteiger partial charge in [-0.3, -0.25) is 0 Å². The topological polar surface area (TPSA) is 62.1 Å². The number of hydrogen-bond donors (Lipinski definition) is 1. The Hall–Kier alpha value is -2.49. The molecule has 0 fully saturated rings. The number of amides is 1. The van der Waals surface area contributed by atoms with Crippen LogP contribution in [0.15, 0.2) is 24.3 Å². The summed E-state index contributed by atoms with van der Waals surface area (Å²) in [4.78, 5) is 11.4. The van der Waals surface area contributed by atoms with Crippen LogP contribution in [0.1, 0.15) is 43.9 Å². The van der Waals surface area contributed by atoms with Gasteiger partial charge in [0.25, 0.3) is 0 Å². The molecule has 0 bridgehead atoms. The maximum atomic E-state index is 13.0. The maximum absolute atomic E-state index is 13.0. The van der Waals surface area contributed by atoms with Gasteiger partial charge in [0.2, 0.25) is 0 Å². The van der Waals surface area contributed by atoms with Crippen LogP contribution in [0.2, 0.25) is 0 Å². The van der Waals surface area contributed by atoms with Crippen LogP contribution in [-0.2, 0) is 10.9 Å². The Balaban J connectivity index is 2.65. The van der Waals surface area contributed by atoms with Gasteiger partial charge in [0.05, 0.1) is 17.2 Å². The van der Waals surface area contributed by atoms with Gasteiger partial charge in [-0.25, -0.2) is 4.79 Å². The van der Waals surface area contributed by atoms with Crippen LogP contribution in [-0.4, -0.2) is 18.2 Å². The molecule has 1 aromatic carbocycles. The molecule has 1 aromatic rings. The van der Waals surface area contributed by atoms with Crippen LogP contribution in [0.25, 0.3) is 6.08 Å². The number of rotatable bonds is 4. The standard InChI is InChI=1S/C17H19F3N2O2/c1-16(2,3)24-15(23)22-9-5-4-6-13-8-7-12(11-21)10-14(13)17(18,19)20/h4,6-8,10H,5,9H2,1-3H3,(H,22,23). The third-order valence-electron chi connectivity index (χ3n) is 2.76. The van der Waals surface area contributed by atoms with Crippen molar-refractivity contribution in [1.29, 1.82) is 5.26 Å². The molecule has 0 radical (unpaired) electrons. The number of nitrogens with one attached hydrogen (secondary N) is 1. The summed E-state index contributed by atoms with van der Waals surface area (Å²) in [6, 6.07) is 5.08. The lowest BCUT2D eigenvalue weighted by atomic mass is 10.0. The van der Waals surface area contributed by atoms with Crippen LogP contribution < -0.4 is 5.32 Å². The zero-order valence-corrected chi connectivity index (χ0v) is 13.7. The lowest BCUT2D eigenvalue weighted by molar-refractivity contribution is -0.137. The van der Waals surface area contributed by atoms with E-state index in [-0.39, 0.29) is 17.7 Å². The van der Waals surface area contributed by atoms with Gasteiger partial charge in [-0.2, -0.15) is 18.4 Å². The summed E-state index contributed by atoms with van der Waals surface area (Å²) >= 11 is 0. The summed E-state index contributed by atoms with van der Waals surface area (Å²) in [5.41, 5.74) is -1.55. The molecule has 4 nitrogen and oxygen atoms in total. The van der Waals surface area contributed by atoms with Gasteiger partial charge in [0.15, 0.2) is 0 Å². The van der Waals surface area contributed by atoms with E-state index in [9.17, 15) is 18.0 Å². The van der Waals surface area contributed by atoms with Crippen LogP contribution in [0.4, 0.5) is 18.0 Å². The molecule has 0 aromatic heterocycles. The van der Waals surface area contributed by atoms with Gasteiger partial charge in [0.1, 0.15) is 5.60 Å². The van der Waals surface area contributed by atoms with E-state index in [1.807, 2.05) is 0 Å². The number of nitriles is 1. The molecule has 0 atom stereocenters. The molecule has 24 heavy (non-hydrogen) atoms. The predicted octanol–water partition coefficient (Wildman–Crippen LogP) is 4.51. The quantitative estimate of drug-likeness (QED) is 0.821. The van der Waals surface area contributed by atoms with E-state index in [0.29, 0.717) is 6.42 Å². The summed E-state index contributed by atoms with van der Waals surface area (Å²) in [5, 5.41) is 11.2. The molecule has 1 N–H and O–H groups in total. The average Bonchev–Trinajstić information content (AvgIpc) is 2.44. The molecular weight excluding hydrogens is 321 g/mol. The number of carbonyl (C=O) groups is 1. The van der Waals surface area contributed by atoms with Crippen molar-refractivity contribution in [2.24, 2.45) is 0 Å². The Kier molecular flexibility index (Phi) is 6.41. The third kappa shape index (κ3) is 6.73. The predicted molar refractivity (Wildman–Crippen MR) is 84.0 cm³/mol. The lowest BCUT2D eigenvalue weighted by Gasteiger charge is -2.19. The highest BCUT2D eigenvalue weighted by atomic mass is 19.4. The van der Waals surface area contributed by atoms with Crippen LogP contribution in [0.5, 0.6) is 0 Å². The van der Waals surface area contributed by atoms with Crippen molar-refractivity contribution in [1.82, 2.24) is 5.32 Å². The van der Waals surface area contributed by atoms with Crippen LogP contribution >= 0.6 is 0 Å². The Morgan fingerprint density at radius 3 is 2.54 bits per heavy atom. The van der Waals surface area contributed by atoms with E-state index in [0.717, 1.165) is 6.07 Å². The number of alkyl carbamates (subject to hydrolysis) is 1. The van der Waals surface area contributed by atoms with Crippen molar-refractivity contribution in [3.8, 4) is 6.07 Å². The molecule has 0 unspecified atom stereocenters. The monoisotopic (exact) mass is 340 g/mol. The minimum absolute atomic E-state index is 0.0289. The smallest absolute Gasteiger partial charge is 0.417 e. The first kappa shape index (κ1) is 19.6. The highest BCUT2D eigenvalue weighted by Crippen LogP contribution is 2.33. The number of ether oxygens (including phenoxy) is 1. The molecule has 0 saturated heterocycles. The second-order valence-electron chi connectivity index (χ2n) is 6.03. The fraction of sp³-hybridized carbons (Fsp3) is 0.412. The first-order valence-corrected chi connectivity index (χ1v) is 7.27. The van der Waals surface area contributed by atoms with Crippen molar-refractivity contribution >= 4 is 12.2 Å². The second-order valence-corrected chi connectivity index (χ2v) is 6.03. The normalized spacial score (nSPS) is 12.0. The van der Waals surface area contributed by atoms with E-state index in [1.54, 1.807) is 26.8 Å². The van der Waals surface area contributed by atoms with Crippen molar-refractivity contribution in [3.05, 3.63) is 41.0 Å². The average molecular weight is 340 g/mol. The number of alkyl halides is 3. The third-order valence-corrected chi connectivity index (χ3v) is 2.76. The number of carbonyl (C=O) groups excluding carboxylic acids is 1. The van der Waals surface area contributed by atoms with Gasteiger partial charge in [-0.15, -0.1) is 0 Å². The molecule has 1 rings (SSSR count). The summed E-state index contributed by atoms with van der Waals surface area (Å²) in [7, 11) is 0. The van der Waals surface area contributed by atoms with E-state index >= 15 is 0 Å². The largest absolute Gasteiger partial charge is 0.444 e. The SMILES string of the molecule is CC(C)(C)OC(=O)NCCC=Cc1ccc(C#N)cc1C(F)(F)F. The second kappa shape index (κ2) is 7.86. The molecule has 0 aliphatic heterocycles. The van der Waals surface area contributed by atoms with Gasteiger partial charge in [0, 0.05) is 6.54 Å². The van der Waals surface area contributed by atoms with E-state index < -0.39 is 23.4 Å². The Bertz CT molecular complexity index is 653. The lowest BCUT2D eigenvalue weighted by Crippen LogP contribution is -2.32. The minimum atomic E-state index is -4.54. The Morgan fingerprint density at radius 2 is 2.00 bits per heavy atom. The molecule has 0 aliphatic carbocycles.